The second-order valence-electron chi connectivity index (χ2n) is 30.7. The van der Waals surface area contributed by atoms with Gasteiger partial charge in [-0.1, -0.05) is 114 Å². The van der Waals surface area contributed by atoms with E-state index in [1.165, 1.54) is 13.7 Å². The number of aromatic nitrogens is 16. The zero-order valence-electron chi connectivity index (χ0n) is 64.7. The molecule has 0 spiro atoms. The number of nitrogens with one attached hydrogen (secondary N) is 3. The van der Waals surface area contributed by atoms with Crippen LogP contribution >= 0.6 is 0 Å². The fraction of sp³-hybridized carbons (Fsp3) is 0.349. The molecule has 4 aliphatic carbocycles. The summed E-state index contributed by atoms with van der Waals surface area (Å²) < 4.78 is 8.85. The van der Waals surface area contributed by atoms with Crippen LogP contribution < -0.4 is 48.4 Å². The number of aryl methyl sites for hydroxylation is 3. The number of amides is 3. The van der Waals surface area contributed by atoms with E-state index < -0.39 is 5.41 Å². The van der Waals surface area contributed by atoms with Gasteiger partial charge in [0, 0.05) is 122 Å². The highest BCUT2D eigenvalue weighted by molar-refractivity contribution is 6.06. The summed E-state index contributed by atoms with van der Waals surface area (Å²) in [5, 5.41) is 0. The fourth-order valence-corrected chi connectivity index (χ4v) is 14.1. The van der Waals surface area contributed by atoms with Gasteiger partial charge < -0.3 is 15.0 Å². The molecule has 10 aromatic heterocycles. The molecular weight excluding hydrogens is 1440 g/mol. The summed E-state index contributed by atoms with van der Waals surface area (Å²) >= 11 is 0. The van der Waals surface area contributed by atoms with Gasteiger partial charge in [-0.15, -0.1) is 0 Å². The second-order valence-corrected chi connectivity index (χ2v) is 30.7. The predicted octanol–water partition coefficient (Wildman–Crippen LogP) is 12.0. The number of carbonyl (C=O) groups is 3. The largest absolute Gasteiger partial charge is 0.333 e. The maximum atomic E-state index is 13.5. The molecule has 4 fully saturated rings. The molecule has 28 heteroatoms. The molecule has 584 valence electrons. The average Bonchev–Trinajstić information content (AvgIpc) is 1.60. The van der Waals surface area contributed by atoms with E-state index in [4.69, 9.17) is 0 Å². The molecule has 13 aromatic rings. The lowest BCUT2D eigenvalue weighted by atomic mass is 9.94. The van der Waals surface area contributed by atoms with Crippen molar-refractivity contribution in [3.05, 3.63) is 255 Å². The first kappa shape index (κ1) is 76.5. The van der Waals surface area contributed by atoms with Crippen LogP contribution in [-0.2, 0) is 37.3 Å². The minimum atomic E-state index is -0.585. The lowest BCUT2D eigenvalue weighted by Crippen LogP contribution is -2.41. The zero-order chi connectivity index (χ0) is 79.5. The molecule has 3 aromatic carbocycles. The number of aromatic amines is 3. The highest BCUT2D eigenvalue weighted by Gasteiger charge is 2.35. The van der Waals surface area contributed by atoms with E-state index in [2.05, 4.69) is 49.8 Å². The van der Waals surface area contributed by atoms with E-state index in [1.807, 2.05) is 157 Å². The van der Waals surface area contributed by atoms with Crippen molar-refractivity contribution in [2.24, 2.45) is 11.3 Å². The molecule has 0 radical (unpaired) electrons. The molecule has 3 N–H and O–H groups in total. The highest BCUT2D eigenvalue weighted by Crippen LogP contribution is 2.37. The zero-order valence-corrected chi connectivity index (χ0v) is 64.7. The topological polar surface area (TPSA) is 331 Å². The molecule has 10 heterocycles. The molecule has 0 bridgehead atoms. The summed E-state index contributed by atoms with van der Waals surface area (Å²) in [6.45, 7) is 14.6. The Morgan fingerprint density at radius 2 is 0.781 bits per heavy atom. The Hall–Kier alpha value is -12.9. The van der Waals surface area contributed by atoms with Crippen LogP contribution in [-0.4, -0.2) is 115 Å². The molecular formula is C86H91N19O9. The van der Waals surface area contributed by atoms with Crippen molar-refractivity contribution in [3.8, 4) is 34.2 Å². The molecule has 114 heavy (non-hydrogen) atoms. The van der Waals surface area contributed by atoms with Gasteiger partial charge >= 0.3 is 17.1 Å². The Labute approximate surface area is 654 Å². The van der Waals surface area contributed by atoms with E-state index >= 15 is 0 Å². The van der Waals surface area contributed by atoms with Crippen LogP contribution in [0.5, 0.6) is 0 Å². The number of fused-ring (bicyclic) bond motifs is 3. The molecule has 0 atom stereocenters. The van der Waals surface area contributed by atoms with Gasteiger partial charge in [0.15, 0.2) is 16.9 Å². The van der Waals surface area contributed by atoms with Gasteiger partial charge in [-0.25, -0.2) is 44.3 Å². The van der Waals surface area contributed by atoms with E-state index in [0.717, 1.165) is 81.8 Å². The number of pyridine rings is 4. The quantitative estimate of drug-likeness (QED) is 0.0479. The first-order valence-corrected chi connectivity index (χ1v) is 39.4. The lowest BCUT2D eigenvalue weighted by Gasteiger charge is -2.29. The third-order valence-corrected chi connectivity index (χ3v) is 20.8. The molecule has 3 amide bonds. The van der Waals surface area contributed by atoms with Crippen LogP contribution in [0.15, 0.2) is 199 Å². The van der Waals surface area contributed by atoms with Crippen LogP contribution in [0.25, 0.3) is 67.7 Å². The van der Waals surface area contributed by atoms with E-state index in [-0.39, 0.29) is 69.6 Å². The van der Waals surface area contributed by atoms with Crippen molar-refractivity contribution in [1.29, 1.82) is 0 Å². The summed E-state index contributed by atoms with van der Waals surface area (Å²) in [6, 6.07) is 43.1. The Morgan fingerprint density at radius 1 is 0.421 bits per heavy atom. The normalized spacial score (nSPS) is 14.0. The van der Waals surface area contributed by atoms with Crippen LogP contribution in [0.1, 0.15) is 162 Å². The van der Waals surface area contributed by atoms with Gasteiger partial charge in [0.05, 0.1) is 0 Å². The van der Waals surface area contributed by atoms with E-state index in [0.29, 0.717) is 154 Å². The van der Waals surface area contributed by atoms with Gasteiger partial charge in [0.2, 0.25) is 5.91 Å². The number of H-pyrrole nitrogens is 3. The van der Waals surface area contributed by atoms with Crippen molar-refractivity contribution >= 4 is 68.7 Å². The summed E-state index contributed by atoms with van der Waals surface area (Å²) in [5.41, 5.74) is 4.97. The molecule has 17 rings (SSSR count). The number of hydrogen-bond acceptors (Lipinski definition) is 16. The van der Waals surface area contributed by atoms with Crippen molar-refractivity contribution in [3.63, 3.8) is 0 Å². The molecule has 0 unspecified atom stereocenters. The summed E-state index contributed by atoms with van der Waals surface area (Å²) in [5.74, 6) is 3.27. The van der Waals surface area contributed by atoms with Crippen LogP contribution in [0.2, 0.25) is 0 Å². The monoisotopic (exact) mass is 1530 g/mol. The predicted molar refractivity (Wildman–Crippen MR) is 438 cm³/mol. The second kappa shape index (κ2) is 32.8. The fourth-order valence-electron chi connectivity index (χ4n) is 14.1. The van der Waals surface area contributed by atoms with Crippen molar-refractivity contribution in [2.45, 2.75) is 163 Å². The summed E-state index contributed by atoms with van der Waals surface area (Å²) in [4.78, 5) is 165. The van der Waals surface area contributed by atoms with Crippen LogP contribution in [0.3, 0.4) is 0 Å². The maximum Gasteiger partial charge on any atom is 0.333 e. The van der Waals surface area contributed by atoms with Gasteiger partial charge in [-0.2, -0.15) is 0 Å². The van der Waals surface area contributed by atoms with Gasteiger partial charge in [-0.3, -0.25) is 75.9 Å². The summed E-state index contributed by atoms with van der Waals surface area (Å²) in [7, 11) is 0. The van der Waals surface area contributed by atoms with E-state index in [9.17, 15) is 43.2 Å². The first-order chi connectivity index (χ1) is 55.3. The highest BCUT2D eigenvalue weighted by atomic mass is 16.2. The molecule has 4 aliphatic rings. The first-order valence-electron chi connectivity index (χ1n) is 39.4. The van der Waals surface area contributed by atoms with E-state index in [1.54, 1.807) is 83.7 Å². The third kappa shape index (κ3) is 16.3. The Balaban J connectivity index is 0.000000135. The van der Waals surface area contributed by atoms with Crippen molar-refractivity contribution in [2.75, 3.05) is 34.3 Å². The Morgan fingerprint density at radius 3 is 1.13 bits per heavy atom. The number of carbonyl (C=O) groups excluding carboxylic acids is 3. The summed E-state index contributed by atoms with van der Waals surface area (Å²) in [6.07, 6.45) is 19.3. The molecule has 28 nitrogen and oxygen atoms in total. The number of benzene rings is 3. The van der Waals surface area contributed by atoms with Crippen LogP contribution in [0, 0.1) is 11.3 Å². The molecule has 4 saturated carbocycles. The SMILES string of the molecule is CCCn1c(=O)n(C2CC2)c(=O)c2[nH]c(-c3ccc(N(CC4CC4)C(=O)c4ccccc4)nc3)nc21.CCCn1c(=O)n(C2CC2)c(=O)c2[nH]c(-c3ccc(N(CCc4ccccc4)C(=O)c4ccccc4)nc3)nc21.CCCn1c(=O)n(C2CC2)c(=O)c2[nH]c(-c3ccc(N(CCc4cccnc4)C(=O)C(C)(C)C)nc3)nc21. The van der Waals surface area contributed by atoms with Gasteiger partial charge in [0.1, 0.15) is 51.5 Å². The lowest BCUT2D eigenvalue weighted by molar-refractivity contribution is -0.125. The number of imidazole rings is 3. The standard InChI is InChI=1S/C31H30N6O3.C28H33N7O3.C27H28N6O3/c1-2-18-36-28-26(30(39)37(31(36)40)24-14-15-24)33-27(34-28)23-13-16-25(32-20-23)35(19-17-21-9-5-3-6-10-21)29(38)22-11-7-4-8-12-22;1-5-14-34-24-22(25(36)35(27(34)38)20-9-10-20)31-23(32-24)19-8-11-21(30-17-19)33(26(37)28(2,3)4)15-12-18-7-6-13-29-16-18;1-2-14-31-24-22(26(35)33(27(31)36)20-11-12-20)29-23(30-24)19-10-13-21(28-15-19)32(16-17-8-9-17)25(34)18-6-4-3-5-7-18/h3-13,16,20,24H,2,14-15,17-19H2,1H3,(H,33,34);6-8,11,13,16-17,20H,5,9-10,12,14-15H2,1-4H3,(H,31,32);3-7,10,13,15,17,20H,2,8-9,11-12,14,16H2,1H3,(H,29,30). The molecule has 0 saturated heterocycles. The smallest absolute Gasteiger partial charge is 0.332 e. The third-order valence-electron chi connectivity index (χ3n) is 20.8. The Bertz CT molecular complexity index is 6060. The average molecular weight is 1530 g/mol. The van der Waals surface area contributed by atoms with Gasteiger partial charge in [0.25, 0.3) is 28.5 Å². The number of nitrogens with zero attached hydrogens (tertiary/aromatic N) is 16. The molecule has 0 aliphatic heterocycles. The number of hydrogen-bond donors (Lipinski definition) is 3. The Kier molecular flexibility index (Phi) is 22.0. The number of rotatable bonds is 25. The van der Waals surface area contributed by atoms with Gasteiger partial charge in [-0.05, 0) is 167 Å². The van der Waals surface area contributed by atoms with Crippen molar-refractivity contribution in [1.82, 2.24) is 77.2 Å². The number of anilines is 3. The minimum Gasteiger partial charge on any atom is -0.332 e. The van der Waals surface area contributed by atoms with Crippen molar-refractivity contribution < 1.29 is 14.4 Å². The van der Waals surface area contributed by atoms with Crippen LogP contribution in [0.4, 0.5) is 17.5 Å². The maximum absolute atomic E-state index is 13.5. The minimum absolute atomic E-state index is 0.0233.